The summed E-state index contributed by atoms with van der Waals surface area (Å²) in [7, 11) is 1.51. The highest BCUT2D eigenvalue weighted by Crippen LogP contribution is 2.30. The van der Waals surface area contributed by atoms with Crippen molar-refractivity contribution < 1.29 is 9.53 Å². The molecule has 1 amide bonds. The summed E-state index contributed by atoms with van der Waals surface area (Å²) < 4.78 is 4.87. The molecule has 3 N–H and O–H groups in total. The maximum Gasteiger partial charge on any atom is 0.245 e. The van der Waals surface area contributed by atoms with Gasteiger partial charge in [0.2, 0.25) is 5.91 Å². The summed E-state index contributed by atoms with van der Waals surface area (Å²) in [5.41, 5.74) is 8.81. The van der Waals surface area contributed by atoms with Crippen LogP contribution in [-0.4, -0.2) is 30.6 Å². The second-order valence-electron chi connectivity index (χ2n) is 4.84. The lowest BCUT2D eigenvalue weighted by atomic mass is 10.1. The van der Waals surface area contributed by atoms with E-state index in [1.807, 2.05) is 38.1 Å². The Balaban J connectivity index is 2.16. The average Bonchev–Trinajstić information content (AvgIpc) is 2.80. The predicted octanol–water partition coefficient (Wildman–Crippen LogP) is 2.34. The van der Waals surface area contributed by atoms with E-state index in [0.717, 1.165) is 16.1 Å². The van der Waals surface area contributed by atoms with Gasteiger partial charge in [-0.3, -0.25) is 4.79 Å². The zero-order valence-corrected chi connectivity index (χ0v) is 13.2. The van der Waals surface area contributed by atoms with Crippen LogP contribution in [0.5, 0.6) is 0 Å². The molecular weight excluding hydrogens is 286 g/mol. The van der Waals surface area contributed by atoms with E-state index in [4.69, 9.17) is 10.5 Å². The summed E-state index contributed by atoms with van der Waals surface area (Å²) in [6.45, 7) is 4.21. The largest absolute Gasteiger partial charge is 0.383 e. The van der Waals surface area contributed by atoms with Gasteiger partial charge in [0, 0.05) is 17.6 Å². The molecule has 0 aliphatic carbocycles. The number of ether oxygens (including phenoxy) is 1. The molecule has 0 radical (unpaired) electrons. The lowest BCUT2D eigenvalue weighted by Crippen LogP contribution is -2.39. The molecule has 0 saturated carbocycles. The number of thiazole rings is 1. The molecule has 1 heterocycles. The van der Waals surface area contributed by atoms with Crippen LogP contribution in [0.1, 0.15) is 10.4 Å². The Bertz CT molecular complexity index is 622. The third-order valence-electron chi connectivity index (χ3n) is 3.03. The minimum Gasteiger partial charge on any atom is -0.383 e. The molecule has 0 bridgehead atoms. The first kappa shape index (κ1) is 15.6. The van der Waals surface area contributed by atoms with Crippen molar-refractivity contribution >= 4 is 22.4 Å². The molecule has 6 heteroatoms. The summed E-state index contributed by atoms with van der Waals surface area (Å²) in [6, 6.07) is 7.45. The number of carbonyl (C=O) groups excluding carboxylic acids is 1. The van der Waals surface area contributed by atoms with Crippen molar-refractivity contribution in [3.63, 3.8) is 0 Å². The van der Waals surface area contributed by atoms with Crippen LogP contribution in [0, 0.1) is 13.8 Å². The summed E-state index contributed by atoms with van der Waals surface area (Å²) in [4.78, 5) is 17.4. The summed E-state index contributed by atoms with van der Waals surface area (Å²) in [5, 5.41) is 3.29. The normalized spacial score (nSPS) is 12.2. The second kappa shape index (κ2) is 6.80. The summed E-state index contributed by atoms with van der Waals surface area (Å²) in [5.74, 6) is -0.291. The van der Waals surface area contributed by atoms with E-state index in [1.165, 1.54) is 24.0 Å². The van der Waals surface area contributed by atoms with Crippen LogP contribution in [-0.2, 0) is 9.53 Å². The van der Waals surface area contributed by atoms with Crippen LogP contribution in [0.25, 0.3) is 11.3 Å². The molecule has 0 aliphatic heterocycles. The van der Waals surface area contributed by atoms with Crippen LogP contribution in [0.4, 0.5) is 5.13 Å². The Labute approximate surface area is 128 Å². The molecule has 1 atom stereocenters. The Morgan fingerprint density at radius 2 is 2.05 bits per heavy atom. The van der Waals surface area contributed by atoms with Gasteiger partial charge in [-0.05, 0) is 13.8 Å². The fraction of sp³-hybridized carbons (Fsp3) is 0.333. The number of nitrogens with one attached hydrogen (secondary N) is 1. The van der Waals surface area contributed by atoms with Gasteiger partial charge in [-0.15, -0.1) is 11.3 Å². The van der Waals surface area contributed by atoms with E-state index in [2.05, 4.69) is 10.3 Å². The first-order valence-corrected chi connectivity index (χ1v) is 7.42. The fourth-order valence-corrected chi connectivity index (χ4v) is 2.72. The first-order chi connectivity index (χ1) is 10.0. The third kappa shape index (κ3) is 3.87. The minimum atomic E-state index is -0.693. The van der Waals surface area contributed by atoms with Crippen LogP contribution in [0.15, 0.2) is 24.3 Å². The number of nitrogens with two attached hydrogens (primary N) is 1. The molecule has 2 rings (SSSR count). The Morgan fingerprint density at radius 1 is 1.38 bits per heavy atom. The number of hydrogen-bond donors (Lipinski definition) is 2. The van der Waals surface area contributed by atoms with Gasteiger partial charge in [-0.2, -0.15) is 0 Å². The van der Waals surface area contributed by atoms with Gasteiger partial charge >= 0.3 is 0 Å². The van der Waals surface area contributed by atoms with E-state index in [9.17, 15) is 4.79 Å². The van der Waals surface area contributed by atoms with Crippen molar-refractivity contribution in [1.82, 2.24) is 4.98 Å². The zero-order chi connectivity index (χ0) is 15.4. The van der Waals surface area contributed by atoms with Crippen molar-refractivity contribution in [1.29, 1.82) is 0 Å². The molecule has 0 saturated heterocycles. The summed E-state index contributed by atoms with van der Waals surface area (Å²) >= 11 is 1.44. The monoisotopic (exact) mass is 305 g/mol. The number of nitrogens with zero attached hydrogens (tertiary/aromatic N) is 1. The quantitative estimate of drug-likeness (QED) is 0.889. The SMILES string of the molecule is COCC(N)C(=O)Nc1nc(-c2ccc(C)cc2)c(C)s1. The standard InChI is InChI=1S/C15H19N3O2S/c1-9-4-6-11(7-5-9)13-10(2)21-15(17-13)18-14(19)12(16)8-20-3/h4-7,12H,8,16H2,1-3H3,(H,17,18,19). The highest BCUT2D eigenvalue weighted by molar-refractivity contribution is 7.16. The first-order valence-electron chi connectivity index (χ1n) is 6.61. The molecule has 21 heavy (non-hydrogen) atoms. The highest BCUT2D eigenvalue weighted by Gasteiger charge is 2.16. The Morgan fingerprint density at radius 3 is 2.67 bits per heavy atom. The minimum absolute atomic E-state index is 0.182. The van der Waals surface area contributed by atoms with Crippen LogP contribution in [0.2, 0.25) is 0 Å². The molecule has 0 aliphatic rings. The fourth-order valence-electron chi connectivity index (χ4n) is 1.88. The van der Waals surface area contributed by atoms with Gasteiger partial charge in [-0.25, -0.2) is 4.98 Å². The van der Waals surface area contributed by atoms with E-state index < -0.39 is 6.04 Å². The Hall–Kier alpha value is -1.76. The van der Waals surface area contributed by atoms with Gasteiger partial charge in [0.15, 0.2) is 5.13 Å². The second-order valence-corrected chi connectivity index (χ2v) is 6.04. The molecule has 2 aromatic rings. The lowest BCUT2D eigenvalue weighted by Gasteiger charge is -2.08. The molecule has 5 nitrogen and oxygen atoms in total. The van der Waals surface area contributed by atoms with E-state index >= 15 is 0 Å². The molecule has 1 aromatic carbocycles. The van der Waals surface area contributed by atoms with Crippen molar-refractivity contribution in [2.24, 2.45) is 5.73 Å². The van der Waals surface area contributed by atoms with Gasteiger partial charge in [0.25, 0.3) is 0 Å². The summed E-state index contributed by atoms with van der Waals surface area (Å²) in [6.07, 6.45) is 0. The highest BCUT2D eigenvalue weighted by atomic mass is 32.1. The van der Waals surface area contributed by atoms with Gasteiger partial charge in [0.05, 0.1) is 12.3 Å². The van der Waals surface area contributed by atoms with E-state index in [-0.39, 0.29) is 12.5 Å². The number of benzene rings is 1. The topological polar surface area (TPSA) is 77.2 Å². The molecule has 0 fully saturated rings. The molecule has 1 unspecified atom stereocenters. The predicted molar refractivity (Wildman–Crippen MR) is 85.5 cm³/mol. The number of amides is 1. The van der Waals surface area contributed by atoms with Crippen LogP contribution in [0.3, 0.4) is 0 Å². The molecule has 0 spiro atoms. The van der Waals surface area contributed by atoms with Crippen molar-refractivity contribution in [3.05, 3.63) is 34.7 Å². The number of methoxy groups -OCH3 is 1. The van der Waals surface area contributed by atoms with Gasteiger partial charge in [-0.1, -0.05) is 29.8 Å². The number of aromatic nitrogens is 1. The lowest BCUT2D eigenvalue weighted by molar-refractivity contribution is -0.118. The molecule has 112 valence electrons. The van der Waals surface area contributed by atoms with Crippen LogP contribution >= 0.6 is 11.3 Å². The number of anilines is 1. The van der Waals surface area contributed by atoms with Crippen LogP contribution < -0.4 is 11.1 Å². The number of carbonyl (C=O) groups is 1. The number of aryl methyl sites for hydroxylation is 2. The average molecular weight is 305 g/mol. The van der Waals surface area contributed by atoms with E-state index in [0.29, 0.717) is 5.13 Å². The molecule has 1 aromatic heterocycles. The zero-order valence-electron chi connectivity index (χ0n) is 12.3. The van der Waals surface area contributed by atoms with Crippen molar-refractivity contribution in [2.45, 2.75) is 19.9 Å². The number of rotatable bonds is 5. The van der Waals surface area contributed by atoms with Crippen molar-refractivity contribution in [2.75, 3.05) is 19.0 Å². The molecular formula is C15H19N3O2S. The van der Waals surface area contributed by atoms with Crippen molar-refractivity contribution in [3.8, 4) is 11.3 Å². The maximum absolute atomic E-state index is 11.9. The third-order valence-corrected chi connectivity index (χ3v) is 3.92. The van der Waals surface area contributed by atoms with Gasteiger partial charge in [0.1, 0.15) is 6.04 Å². The Kier molecular flexibility index (Phi) is 5.06. The van der Waals surface area contributed by atoms with Gasteiger partial charge < -0.3 is 15.8 Å². The smallest absolute Gasteiger partial charge is 0.245 e. The maximum atomic E-state index is 11.9. The number of hydrogen-bond acceptors (Lipinski definition) is 5. The van der Waals surface area contributed by atoms with E-state index in [1.54, 1.807) is 0 Å².